The number of piperidine rings is 1. The molecule has 176 valence electrons. The van der Waals surface area contributed by atoms with Crippen molar-refractivity contribution in [3.8, 4) is 0 Å². The van der Waals surface area contributed by atoms with E-state index in [4.69, 9.17) is 0 Å². The average molecular weight is 570 g/mol. The van der Waals surface area contributed by atoms with E-state index >= 15 is 4.39 Å². The van der Waals surface area contributed by atoms with E-state index in [-0.39, 0.29) is 36.1 Å². The number of rotatable bonds is 4. The number of aromatic nitrogens is 1. The van der Waals surface area contributed by atoms with Crippen molar-refractivity contribution in [2.45, 2.75) is 50.3 Å². The second kappa shape index (κ2) is 8.62. The van der Waals surface area contributed by atoms with Crippen LogP contribution in [0.3, 0.4) is 0 Å². The fourth-order valence-electron chi connectivity index (χ4n) is 5.16. The smallest absolute Gasteiger partial charge is 0.289 e. The third kappa shape index (κ3) is 3.95. The molecule has 3 aliphatic heterocycles. The second-order valence-corrected chi connectivity index (χ2v) is 10.3. The maximum Gasteiger partial charge on any atom is 0.289 e. The molecule has 33 heavy (non-hydrogen) atoms. The molecule has 1 aromatic heterocycles. The van der Waals surface area contributed by atoms with Crippen LogP contribution >= 0.6 is 22.6 Å². The van der Waals surface area contributed by atoms with Gasteiger partial charge in [0, 0.05) is 21.9 Å². The minimum absolute atomic E-state index is 0.0165. The third-order valence-electron chi connectivity index (χ3n) is 6.89. The zero-order chi connectivity index (χ0) is 23.3. The number of anilines is 2. The Labute approximate surface area is 203 Å². The van der Waals surface area contributed by atoms with Crippen molar-refractivity contribution in [1.82, 2.24) is 14.8 Å². The highest BCUT2D eigenvalue weighted by atomic mass is 127. The highest BCUT2D eigenvalue weighted by Gasteiger charge is 2.50. The number of β-amino-alcohol motifs (C(OH)–C–C–N with tert-alkyl or cyclic N) is 1. The number of nitrogens with one attached hydrogen (secondary N) is 2. The van der Waals surface area contributed by atoms with Gasteiger partial charge in [0.2, 0.25) is 5.82 Å². The van der Waals surface area contributed by atoms with Crippen LogP contribution in [0.25, 0.3) is 0 Å². The molecule has 0 radical (unpaired) electrons. The summed E-state index contributed by atoms with van der Waals surface area (Å²) in [5, 5.41) is 17.0. The van der Waals surface area contributed by atoms with Gasteiger partial charge < -0.3 is 25.2 Å². The number of benzene rings is 1. The Bertz CT molecular complexity index is 1170. The van der Waals surface area contributed by atoms with Crippen LogP contribution in [0.1, 0.15) is 41.7 Å². The molecule has 3 aliphatic rings. The van der Waals surface area contributed by atoms with E-state index in [1.807, 2.05) is 22.6 Å². The van der Waals surface area contributed by atoms with E-state index in [0.29, 0.717) is 28.7 Å². The molecule has 2 aromatic rings. The van der Waals surface area contributed by atoms with E-state index in [1.165, 1.54) is 21.6 Å². The summed E-state index contributed by atoms with van der Waals surface area (Å²) < 4.78 is 31.7. The van der Waals surface area contributed by atoms with Gasteiger partial charge in [-0.3, -0.25) is 9.59 Å². The number of aliphatic hydroxyl groups is 1. The van der Waals surface area contributed by atoms with E-state index in [9.17, 15) is 19.1 Å². The fourth-order valence-corrected chi connectivity index (χ4v) is 5.61. The van der Waals surface area contributed by atoms with Crippen molar-refractivity contribution in [2.24, 2.45) is 0 Å². The molecule has 2 saturated heterocycles. The minimum Gasteiger partial charge on any atom is -0.385 e. The quantitative estimate of drug-likeness (QED) is 0.493. The van der Waals surface area contributed by atoms with E-state index in [0.717, 1.165) is 25.8 Å². The van der Waals surface area contributed by atoms with Crippen LogP contribution in [-0.4, -0.2) is 51.8 Å². The maximum atomic E-state index is 15.3. The lowest BCUT2D eigenvalue weighted by Crippen LogP contribution is -2.72. The summed E-state index contributed by atoms with van der Waals surface area (Å²) in [6.45, 7) is 1.42. The molecule has 0 spiro atoms. The van der Waals surface area contributed by atoms with Crippen LogP contribution in [0, 0.1) is 15.2 Å². The van der Waals surface area contributed by atoms with Gasteiger partial charge in [-0.2, -0.15) is 4.39 Å². The van der Waals surface area contributed by atoms with Crippen LogP contribution in [0.15, 0.2) is 23.0 Å². The summed E-state index contributed by atoms with van der Waals surface area (Å²) in [6.07, 6.45) is 3.98. The first-order valence-electron chi connectivity index (χ1n) is 11.2. The number of carbonyl (C=O) groups excluding carboxylic acids is 1. The van der Waals surface area contributed by atoms with Crippen LogP contribution < -0.4 is 16.2 Å². The molecule has 5 rings (SSSR count). The Morgan fingerprint density at radius 2 is 2.03 bits per heavy atom. The van der Waals surface area contributed by atoms with Crippen molar-refractivity contribution >= 4 is 39.9 Å². The van der Waals surface area contributed by atoms with Gasteiger partial charge in [-0.25, -0.2) is 4.39 Å². The van der Waals surface area contributed by atoms with Crippen LogP contribution in [0.5, 0.6) is 0 Å². The molecule has 1 atom stereocenters. The molecule has 2 fully saturated rings. The molecule has 4 heterocycles. The zero-order valence-corrected chi connectivity index (χ0v) is 20.1. The number of hydrogen-bond donors (Lipinski definition) is 3. The highest BCUT2D eigenvalue weighted by Crippen LogP contribution is 2.35. The lowest BCUT2D eigenvalue weighted by Gasteiger charge is -2.51. The Balaban J connectivity index is 1.50. The van der Waals surface area contributed by atoms with Gasteiger partial charge in [-0.15, -0.1) is 0 Å². The number of likely N-dealkylation sites (tertiary alicyclic amines) is 1. The molecule has 0 bridgehead atoms. The molecule has 0 aliphatic carbocycles. The molecule has 10 heteroatoms. The third-order valence-corrected chi connectivity index (χ3v) is 7.56. The first-order chi connectivity index (χ1) is 15.8. The Kier molecular flexibility index (Phi) is 5.94. The molecule has 3 N–H and O–H groups in total. The minimum atomic E-state index is -1.10. The van der Waals surface area contributed by atoms with Gasteiger partial charge in [-0.1, -0.05) is 6.42 Å². The summed E-state index contributed by atoms with van der Waals surface area (Å²) >= 11 is 1.96. The summed E-state index contributed by atoms with van der Waals surface area (Å²) in [5.41, 5.74) is -1.67. The fraction of sp³-hybridized carbons (Fsp3) is 0.478. The number of halogens is 3. The number of pyridine rings is 1. The molecule has 7 nitrogen and oxygen atoms in total. The molecule has 1 aromatic carbocycles. The highest BCUT2D eigenvalue weighted by molar-refractivity contribution is 14.1. The van der Waals surface area contributed by atoms with Crippen molar-refractivity contribution in [2.75, 3.05) is 25.0 Å². The van der Waals surface area contributed by atoms with Crippen molar-refractivity contribution in [1.29, 1.82) is 0 Å². The van der Waals surface area contributed by atoms with Gasteiger partial charge in [-0.05, 0) is 73.0 Å². The van der Waals surface area contributed by atoms with Crippen LogP contribution in [0.2, 0.25) is 0 Å². The summed E-state index contributed by atoms with van der Waals surface area (Å²) in [7, 11) is 0. The SMILES string of the molecule is O=C(c1c(Nc2ccc(I)cc2F)c(F)c(=O)n2c1CCC2)N1CC(O)(C2CCCCN2)C1. The molecular weight excluding hydrogens is 545 g/mol. The van der Waals surface area contributed by atoms with E-state index in [2.05, 4.69) is 10.6 Å². The molecule has 1 amide bonds. The van der Waals surface area contributed by atoms with Crippen molar-refractivity contribution < 1.29 is 18.7 Å². The van der Waals surface area contributed by atoms with Crippen LogP contribution in [-0.2, 0) is 13.0 Å². The van der Waals surface area contributed by atoms with Crippen LogP contribution in [0.4, 0.5) is 20.2 Å². The predicted octanol–water partition coefficient (Wildman–Crippen LogP) is 2.75. The first kappa shape index (κ1) is 22.7. The number of carbonyl (C=O) groups is 1. The largest absolute Gasteiger partial charge is 0.385 e. The van der Waals surface area contributed by atoms with E-state index < -0.39 is 28.7 Å². The molecular formula is C23H25F2IN4O3. The summed E-state index contributed by atoms with van der Waals surface area (Å²) in [6, 6.07) is 4.30. The Morgan fingerprint density at radius 1 is 1.24 bits per heavy atom. The van der Waals surface area contributed by atoms with Gasteiger partial charge in [0.25, 0.3) is 11.5 Å². The zero-order valence-electron chi connectivity index (χ0n) is 18.0. The topological polar surface area (TPSA) is 86.6 Å². The van der Waals surface area contributed by atoms with Gasteiger partial charge in [0.05, 0.1) is 30.0 Å². The number of amides is 1. The van der Waals surface area contributed by atoms with E-state index in [1.54, 1.807) is 6.07 Å². The maximum absolute atomic E-state index is 15.3. The standard InChI is InChI=1S/C23H25F2IN4O3/c24-14-10-13(26)6-7-15(14)28-20-18(16-4-3-9-30(16)22(32)19(20)25)21(31)29-11-23(33,12-29)17-5-1-2-8-27-17/h6-7,10,17,27-28,33H,1-5,8-9,11-12H2. The number of nitrogens with zero attached hydrogens (tertiary/aromatic N) is 2. The number of hydrogen-bond acceptors (Lipinski definition) is 5. The predicted molar refractivity (Wildman–Crippen MR) is 128 cm³/mol. The van der Waals surface area contributed by atoms with Gasteiger partial charge >= 0.3 is 0 Å². The second-order valence-electron chi connectivity index (χ2n) is 9.09. The monoisotopic (exact) mass is 570 g/mol. The lowest BCUT2D eigenvalue weighted by atomic mass is 9.81. The van der Waals surface area contributed by atoms with Gasteiger partial charge in [0.1, 0.15) is 11.4 Å². The number of fused-ring (bicyclic) bond motifs is 1. The normalized spacial score (nSPS) is 21.5. The van der Waals surface area contributed by atoms with Gasteiger partial charge in [0.15, 0.2) is 0 Å². The molecule has 1 unspecified atom stereocenters. The molecule has 0 saturated carbocycles. The average Bonchev–Trinajstić information content (AvgIpc) is 3.27. The Morgan fingerprint density at radius 3 is 2.73 bits per heavy atom. The summed E-state index contributed by atoms with van der Waals surface area (Å²) in [4.78, 5) is 27.7. The summed E-state index contributed by atoms with van der Waals surface area (Å²) in [5.74, 6) is -2.18. The first-order valence-corrected chi connectivity index (χ1v) is 12.3. The van der Waals surface area contributed by atoms with Crippen molar-refractivity contribution in [3.63, 3.8) is 0 Å². The van der Waals surface area contributed by atoms with Crippen molar-refractivity contribution in [3.05, 3.63) is 55.0 Å². The lowest BCUT2D eigenvalue weighted by molar-refractivity contribution is -0.108. The Hall–Kier alpha value is -2.05.